The average Bonchev–Trinajstić information content (AvgIpc) is 3.29. The lowest BCUT2D eigenvalue weighted by Gasteiger charge is -2.19. The van der Waals surface area contributed by atoms with E-state index in [1.54, 1.807) is 42.5 Å². The van der Waals surface area contributed by atoms with Crippen LogP contribution in [0.4, 0.5) is 5.69 Å². The molecule has 3 atom stereocenters. The van der Waals surface area contributed by atoms with Crippen molar-refractivity contribution in [3.63, 3.8) is 0 Å². The summed E-state index contributed by atoms with van der Waals surface area (Å²) in [6.07, 6.45) is 3.65. The quantitative estimate of drug-likeness (QED) is 0.127. The normalized spacial score (nSPS) is 18.9. The summed E-state index contributed by atoms with van der Waals surface area (Å²) < 4.78 is 5.89. The van der Waals surface area contributed by atoms with Gasteiger partial charge in [0.1, 0.15) is 0 Å². The van der Waals surface area contributed by atoms with E-state index in [0.717, 1.165) is 36.8 Å². The van der Waals surface area contributed by atoms with Crippen molar-refractivity contribution in [1.29, 1.82) is 0 Å². The number of Topliss-reactive ketones (excluding diaryl/α,β-unsaturated/α-hetero) is 1. The third kappa shape index (κ3) is 5.47. The van der Waals surface area contributed by atoms with Crippen LogP contribution in [-0.2, 0) is 14.3 Å². The highest BCUT2D eigenvalue weighted by atomic mass is 16.5. The number of aromatic nitrogens is 1. The van der Waals surface area contributed by atoms with Gasteiger partial charge in [0.05, 0.1) is 34.3 Å². The van der Waals surface area contributed by atoms with Crippen molar-refractivity contribution < 1.29 is 23.9 Å². The molecule has 2 amide bonds. The molecule has 0 N–H and O–H groups in total. The summed E-state index contributed by atoms with van der Waals surface area (Å²) in [4.78, 5) is 59.3. The Labute approximate surface area is 250 Å². The monoisotopic (exact) mass is 574 g/mol. The van der Waals surface area contributed by atoms with Crippen LogP contribution in [0.5, 0.6) is 0 Å². The topological polar surface area (TPSA) is 93.6 Å². The molecule has 1 aliphatic carbocycles. The van der Waals surface area contributed by atoms with Gasteiger partial charge in [0, 0.05) is 16.5 Å². The number of amides is 2. The molecule has 218 valence electrons. The highest BCUT2D eigenvalue weighted by Gasteiger charge is 2.48. The predicted molar refractivity (Wildman–Crippen MR) is 165 cm³/mol. The Morgan fingerprint density at radius 2 is 1.58 bits per heavy atom. The minimum Gasteiger partial charge on any atom is -0.450 e. The van der Waals surface area contributed by atoms with Crippen molar-refractivity contribution in [2.45, 2.75) is 58.5 Å². The lowest BCUT2D eigenvalue weighted by Crippen LogP contribution is -2.30. The predicted octanol–water partition coefficient (Wildman–Crippen LogP) is 7.10. The maximum atomic E-state index is 13.7. The zero-order chi connectivity index (χ0) is 30.1. The zero-order valence-corrected chi connectivity index (χ0v) is 24.4. The van der Waals surface area contributed by atoms with Gasteiger partial charge in [-0.2, -0.15) is 0 Å². The van der Waals surface area contributed by atoms with E-state index in [-0.39, 0.29) is 29.4 Å². The molecule has 1 aromatic heterocycles. The number of ether oxygens (including phenoxy) is 1. The van der Waals surface area contributed by atoms with Gasteiger partial charge < -0.3 is 4.74 Å². The lowest BCUT2D eigenvalue weighted by molar-refractivity contribution is -0.122. The van der Waals surface area contributed by atoms with Crippen LogP contribution in [0.1, 0.15) is 71.7 Å². The molecule has 6 rings (SSSR count). The first kappa shape index (κ1) is 28.5. The van der Waals surface area contributed by atoms with Gasteiger partial charge in [-0.05, 0) is 56.5 Å². The first-order valence-electron chi connectivity index (χ1n) is 15.1. The minimum atomic E-state index is -0.908. The number of benzene rings is 3. The van der Waals surface area contributed by atoms with Crippen LogP contribution in [0.15, 0.2) is 78.9 Å². The van der Waals surface area contributed by atoms with Gasteiger partial charge in [-0.3, -0.25) is 19.3 Å². The highest BCUT2D eigenvalue weighted by Crippen LogP contribution is 2.40. The Kier molecular flexibility index (Phi) is 7.89. The van der Waals surface area contributed by atoms with Crippen LogP contribution in [-0.4, -0.2) is 34.7 Å². The summed E-state index contributed by atoms with van der Waals surface area (Å²) in [7, 11) is 0. The van der Waals surface area contributed by atoms with Gasteiger partial charge in [0.15, 0.2) is 6.10 Å². The number of imide groups is 1. The molecule has 0 bridgehead atoms. The molecule has 1 aliphatic heterocycles. The minimum absolute atomic E-state index is 0.113. The van der Waals surface area contributed by atoms with Crippen molar-refractivity contribution in [3.05, 3.63) is 95.6 Å². The molecule has 1 saturated carbocycles. The Balaban J connectivity index is 1.32. The summed E-state index contributed by atoms with van der Waals surface area (Å²) in [5.41, 5.74) is 4.22. The molecule has 7 nitrogen and oxygen atoms in total. The van der Waals surface area contributed by atoms with Crippen molar-refractivity contribution in [1.82, 2.24) is 4.98 Å². The molecule has 7 heteroatoms. The SMILES string of the molecule is CCCC(OC(=O)c1cc(-c2ccc(N3C(=O)C4CCCCC4C3=O)cc2)nc2ccc(C)cc12)C(=O)c1ccccc1. The van der Waals surface area contributed by atoms with Crippen LogP contribution in [0.25, 0.3) is 22.2 Å². The molecular weight excluding hydrogens is 540 g/mol. The maximum absolute atomic E-state index is 13.7. The number of ketones is 1. The molecule has 2 fully saturated rings. The van der Waals surface area contributed by atoms with E-state index in [1.807, 2.05) is 50.2 Å². The van der Waals surface area contributed by atoms with Gasteiger partial charge in [0.25, 0.3) is 0 Å². The van der Waals surface area contributed by atoms with E-state index in [9.17, 15) is 19.2 Å². The van der Waals surface area contributed by atoms with Gasteiger partial charge in [0.2, 0.25) is 17.6 Å². The van der Waals surface area contributed by atoms with Crippen molar-refractivity contribution in [3.8, 4) is 11.3 Å². The van der Waals surface area contributed by atoms with Crippen molar-refractivity contribution in [2.24, 2.45) is 11.8 Å². The number of carbonyl (C=O) groups excluding carboxylic acids is 4. The van der Waals surface area contributed by atoms with Gasteiger partial charge in [-0.15, -0.1) is 0 Å². The van der Waals surface area contributed by atoms with Crippen molar-refractivity contribution in [2.75, 3.05) is 4.90 Å². The second-order valence-corrected chi connectivity index (χ2v) is 11.5. The molecule has 43 heavy (non-hydrogen) atoms. The molecule has 2 aliphatic rings. The number of esters is 1. The second kappa shape index (κ2) is 11.9. The van der Waals surface area contributed by atoms with Crippen LogP contribution in [0.3, 0.4) is 0 Å². The molecule has 0 spiro atoms. The first-order chi connectivity index (χ1) is 20.9. The molecule has 3 aromatic carbocycles. The smallest absolute Gasteiger partial charge is 0.339 e. The third-order valence-corrected chi connectivity index (χ3v) is 8.60. The van der Waals surface area contributed by atoms with E-state index >= 15 is 0 Å². The summed E-state index contributed by atoms with van der Waals surface area (Å²) in [6.45, 7) is 3.89. The maximum Gasteiger partial charge on any atom is 0.339 e. The lowest BCUT2D eigenvalue weighted by atomic mass is 9.81. The van der Waals surface area contributed by atoms with Crippen LogP contribution in [0.2, 0.25) is 0 Å². The molecule has 4 aromatic rings. The van der Waals surface area contributed by atoms with Gasteiger partial charge in [-0.1, -0.05) is 80.3 Å². The van der Waals surface area contributed by atoms with E-state index in [0.29, 0.717) is 46.3 Å². The number of rotatable bonds is 8. The van der Waals surface area contributed by atoms with E-state index in [4.69, 9.17) is 9.72 Å². The standard InChI is InChI=1S/C36H34N2O5/c1-3-9-32(33(39)24-10-5-4-6-11-24)43-36(42)29-21-31(37-30-19-14-22(2)20-28(29)30)23-15-17-25(18-16-23)38-34(40)26-12-7-8-13-27(26)35(38)41/h4-6,10-11,14-21,26-27,32H,3,7-9,12-13H2,1-2H3. The number of carbonyl (C=O) groups is 4. The number of aryl methyl sites for hydroxylation is 1. The summed E-state index contributed by atoms with van der Waals surface area (Å²) in [6, 6.07) is 23.4. The Morgan fingerprint density at radius 1 is 0.907 bits per heavy atom. The molecular formula is C36H34N2O5. The van der Waals surface area contributed by atoms with E-state index in [1.165, 1.54) is 4.90 Å². The Bertz CT molecular complexity index is 1690. The number of nitrogens with zero attached hydrogens (tertiary/aromatic N) is 2. The number of anilines is 1. The van der Waals surface area contributed by atoms with E-state index < -0.39 is 12.1 Å². The summed E-state index contributed by atoms with van der Waals surface area (Å²) >= 11 is 0. The average molecular weight is 575 g/mol. The number of hydrogen-bond acceptors (Lipinski definition) is 6. The van der Waals surface area contributed by atoms with E-state index in [2.05, 4.69) is 0 Å². The fourth-order valence-corrected chi connectivity index (χ4v) is 6.34. The van der Waals surface area contributed by atoms with Crippen LogP contribution in [0, 0.1) is 18.8 Å². The van der Waals surface area contributed by atoms with Crippen molar-refractivity contribution >= 4 is 40.2 Å². The molecule has 3 unspecified atom stereocenters. The fourth-order valence-electron chi connectivity index (χ4n) is 6.34. The Hall–Kier alpha value is -4.65. The highest BCUT2D eigenvalue weighted by molar-refractivity contribution is 6.22. The number of hydrogen-bond donors (Lipinski definition) is 0. The third-order valence-electron chi connectivity index (χ3n) is 8.60. The largest absolute Gasteiger partial charge is 0.450 e. The van der Waals surface area contributed by atoms with Crippen LogP contribution < -0.4 is 4.90 Å². The number of pyridine rings is 1. The van der Waals surface area contributed by atoms with Gasteiger partial charge in [-0.25, -0.2) is 9.78 Å². The summed E-state index contributed by atoms with van der Waals surface area (Å²) in [5, 5.41) is 0.642. The van der Waals surface area contributed by atoms with Gasteiger partial charge >= 0.3 is 5.97 Å². The second-order valence-electron chi connectivity index (χ2n) is 11.5. The molecule has 1 saturated heterocycles. The van der Waals surface area contributed by atoms with Crippen LogP contribution >= 0.6 is 0 Å². The molecule has 0 radical (unpaired) electrons. The first-order valence-corrected chi connectivity index (χ1v) is 15.1. The zero-order valence-electron chi connectivity index (χ0n) is 24.4. The Morgan fingerprint density at radius 3 is 2.23 bits per heavy atom. The molecule has 2 heterocycles. The summed E-state index contributed by atoms with van der Waals surface area (Å²) in [5.74, 6) is -1.48. The number of fused-ring (bicyclic) bond motifs is 2. The fraction of sp³-hybridized carbons (Fsp3) is 0.306.